The van der Waals surface area contributed by atoms with E-state index in [1.165, 1.54) is 0 Å². The van der Waals surface area contributed by atoms with Gasteiger partial charge in [0.2, 0.25) is 0 Å². The fraction of sp³-hybridized carbons (Fsp3) is 0.714. The van der Waals surface area contributed by atoms with Gasteiger partial charge in [-0.1, -0.05) is 13.8 Å². The van der Waals surface area contributed by atoms with Gasteiger partial charge in [0.05, 0.1) is 13.2 Å². The van der Waals surface area contributed by atoms with E-state index in [-0.39, 0.29) is 0 Å². The monoisotopic (exact) mass is 266 g/mol. The van der Waals surface area contributed by atoms with Crippen LogP contribution in [0.4, 0.5) is 5.82 Å². The lowest BCUT2D eigenvalue weighted by Crippen LogP contribution is -2.31. The van der Waals surface area contributed by atoms with Crippen LogP contribution in [0.15, 0.2) is 6.07 Å². The summed E-state index contributed by atoms with van der Waals surface area (Å²) in [6.45, 7) is 9.85. The summed E-state index contributed by atoms with van der Waals surface area (Å²) in [6, 6.07) is 1.95. The third-order valence-corrected chi connectivity index (χ3v) is 2.76. The summed E-state index contributed by atoms with van der Waals surface area (Å²) in [5.74, 6) is 2.35. The molecule has 0 aliphatic carbocycles. The van der Waals surface area contributed by atoms with Gasteiger partial charge in [0.1, 0.15) is 11.6 Å². The highest BCUT2D eigenvalue weighted by molar-refractivity contribution is 5.34. The molecule has 1 aromatic heterocycles. The van der Waals surface area contributed by atoms with Gasteiger partial charge in [0, 0.05) is 39.0 Å². The van der Waals surface area contributed by atoms with E-state index in [9.17, 15) is 0 Å². The number of aromatic nitrogens is 2. The zero-order valence-electron chi connectivity index (χ0n) is 12.7. The molecule has 108 valence electrons. The molecule has 1 N–H and O–H groups in total. The van der Waals surface area contributed by atoms with Gasteiger partial charge in [0.15, 0.2) is 0 Å². The lowest BCUT2D eigenvalue weighted by molar-refractivity contribution is 0.134. The minimum atomic E-state index is 0.616. The lowest BCUT2D eigenvalue weighted by atomic mass is 10.2. The number of methoxy groups -OCH3 is 1. The predicted octanol–water partition coefficient (Wildman–Crippen LogP) is 1.93. The number of aryl methyl sites for hydroxylation is 1. The fourth-order valence-electron chi connectivity index (χ4n) is 2.00. The molecule has 5 nitrogen and oxygen atoms in total. The van der Waals surface area contributed by atoms with Gasteiger partial charge < -0.3 is 10.1 Å². The molecular weight excluding hydrogens is 240 g/mol. The Bertz CT molecular complexity index is 382. The van der Waals surface area contributed by atoms with Crippen molar-refractivity contribution in [2.75, 3.05) is 39.2 Å². The first-order valence-corrected chi connectivity index (χ1v) is 6.78. The molecule has 1 aromatic rings. The second-order valence-electron chi connectivity index (χ2n) is 5.18. The van der Waals surface area contributed by atoms with Crippen LogP contribution in [0.25, 0.3) is 0 Å². The highest BCUT2D eigenvalue weighted by Crippen LogP contribution is 2.09. The Balaban J connectivity index is 2.73. The molecule has 1 rings (SSSR count). The second kappa shape index (κ2) is 8.07. The quantitative estimate of drug-likeness (QED) is 0.779. The molecule has 0 aliphatic heterocycles. The van der Waals surface area contributed by atoms with Crippen molar-refractivity contribution in [1.29, 1.82) is 0 Å². The molecule has 0 fully saturated rings. The maximum atomic E-state index is 5.17. The summed E-state index contributed by atoms with van der Waals surface area (Å²) in [7, 11) is 3.61. The van der Waals surface area contributed by atoms with Crippen LogP contribution in [0, 0.1) is 12.8 Å². The molecule has 0 unspecified atom stereocenters. The number of hydrogen-bond acceptors (Lipinski definition) is 5. The van der Waals surface area contributed by atoms with E-state index in [0.717, 1.165) is 43.6 Å². The minimum Gasteiger partial charge on any atom is -0.383 e. The standard InChI is InChI=1S/C14H26N4O/c1-11(2)9-18(6-7-19-5)10-14-16-12(3)8-13(15-4)17-14/h8,11H,6-7,9-10H2,1-5H3,(H,15,16,17). The molecule has 0 aromatic carbocycles. The first-order chi connectivity index (χ1) is 9.05. The molecule has 0 bridgehead atoms. The van der Waals surface area contributed by atoms with E-state index in [4.69, 9.17) is 4.74 Å². The van der Waals surface area contributed by atoms with Crippen molar-refractivity contribution < 1.29 is 4.74 Å². The molecule has 0 saturated carbocycles. The molecule has 19 heavy (non-hydrogen) atoms. The Morgan fingerprint density at radius 1 is 1.37 bits per heavy atom. The fourth-order valence-corrected chi connectivity index (χ4v) is 2.00. The van der Waals surface area contributed by atoms with Crippen molar-refractivity contribution in [2.45, 2.75) is 27.3 Å². The topological polar surface area (TPSA) is 50.3 Å². The summed E-state index contributed by atoms with van der Waals surface area (Å²) in [4.78, 5) is 11.3. The first kappa shape index (κ1) is 15.9. The van der Waals surface area contributed by atoms with E-state index >= 15 is 0 Å². The van der Waals surface area contributed by atoms with Crippen molar-refractivity contribution in [3.05, 3.63) is 17.6 Å². The number of rotatable bonds is 8. The largest absolute Gasteiger partial charge is 0.383 e. The van der Waals surface area contributed by atoms with Gasteiger partial charge in [0.25, 0.3) is 0 Å². The third kappa shape index (κ3) is 5.98. The van der Waals surface area contributed by atoms with Gasteiger partial charge in [-0.15, -0.1) is 0 Å². The van der Waals surface area contributed by atoms with Crippen LogP contribution in [0.5, 0.6) is 0 Å². The van der Waals surface area contributed by atoms with E-state index in [2.05, 4.69) is 34.0 Å². The van der Waals surface area contributed by atoms with Crippen LogP contribution in [0.3, 0.4) is 0 Å². The first-order valence-electron chi connectivity index (χ1n) is 6.78. The maximum absolute atomic E-state index is 5.17. The zero-order valence-corrected chi connectivity index (χ0v) is 12.7. The summed E-state index contributed by atoms with van der Waals surface area (Å²) in [5.41, 5.74) is 0.991. The summed E-state index contributed by atoms with van der Waals surface area (Å²) in [5, 5.41) is 3.07. The van der Waals surface area contributed by atoms with Crippen molar-refractivity contribution in [1.82, 2.24) is 14.9 Å². The van der Waals surface area contributed by atoms with Crippen LogP contribution in [0.2, 0.25) is 0 Å². The molecule has 5 heteroatoms. The van der Waals surface area contributed by atoms with E-state index < -0.39 is 0 Å². The van der Waals surface area contributed by atoms with Crippen molar-refractivity contribution in [3.63, 3.8) is 0 Å². The average molecular weight is 266 g/mol. The number of anilines is 1. The Kier molecular flexibility index (Phi) is 6.73. The Hall–Kier alpha value is -1.20. The zero-order chi connectivity index (χ0) is 14.3. The number of nitrogens with zero attached hydrogens (tertiary/aromatic N) is 3. The van der Waals surface area contributed by atoms with Crippen molar-refractivity contribution >= 4 is 5.82 Å². The molecule has 0 atom stereocenters. The average Bonchev–Trinajstić information content (AvgIpc) is 2.34. The SMILES string of the molecule is CNc1cc(C)nc(CN(CCOC)CC(C)C)n1. The Morgan fingerprint density at radius 3 is 2.68 bits per heavy atom. The van der Waals surface area contributed by atoms with Crippen molar-refractivity contribution in [2.24, 2.45) is 5.92 Å². The highest BCUT2D eigenvalue weighted by Gasteiger charge is 2.11. The summed E-state index contributed by atoms with van der Waals surface area (Å²) < 4.78 is 5.17. The van der Waals surface area contributed by atoms with Crippen LogP contribution < -0.4 is 5.32 Å². The van der Waals surface area contributed by atoms with Crippen LogP contribution in [-0.4, -0.2) is 48.7 Å². The lowest BCUT2D eigenvalue weighted by Gasteiger charge is -2.23. The van der Waals surface area contributed by atoms with Crippen molar-refractivity contribution in [3.8, 4) is 0 Å². The number of ether oxygens (including phenoxy) is 1. The van der Waals surface area contributed by atoms with E-state index in [1.807, 2.05) is 20.0 Å². The Morgan fingerprint density at radius 2 is 2.11 bits per heavy atom. The summed E-state index contributed by atoms with van der Waals surface area (Å²) >= 11 is 0. The second-order valence-corrected chi connectivity index (χ2v) is 5.18. The number of hydrogen-bond donors (Lipinski definition) is 1. The van der Waals surface area contributed by atoms with Gasteiger partial charge in [-0.2, -0.15) is 0 Å². The van der Waals surface area contributed by atoms with E-state index in [1.54, 1.807) is 7.11 Å². The predicted molar refractivity (Wildman–Crippen MR) is 78.3 cm³/mol. The number of nitrogens with one attached hydrogen (secondary N) is 1. The van der Waals surface area contributed by atoms with Crippen LogP contribution in [0.1, 0.15) is 25.4 Å². The van der Waals surface area contributed by atoms with E-state index in [0.29, 0.717) is 5.92 Å². The third-order valence-electron chi connectivity index (χ3n) is 2.76. The van der Waals surface area contributed by atoms with Gasteiger partial charge in [-0.3, -0.25) is 4.90 Å². The van der Waals surface area contributed by atoms with Gasteiger partial charge in [-0.25, -0.2) is 9.97 Å². The molecule has 0 saturated heterocycles. The minimum absolute atomic E-state index is 0.616. The smallest absolute Gasteiger partial charge is 0.144 e. The van der Waals surface area contributed by atoms with Gasteiger partial charge >= 0.3 is 0 Å². The molecule has 1 heterocycles. The van der Waals surface area contributed by atoms with Crippen LogP contribution in [-0.2, 0) is 11.3 Å². The highest BCUT2D eigenvalue weighted by atomic mass is 16.5. The molecule has 0 spiro atoms. The molecule has 0 aliphatic rings. The maximum Gasteiger partial charge on any atom is 0.144 e. The van der Waals surface area contributed by atoms with Gasteiger partial charge in [-0.05, 0) is 12.8 Å². The normalized spacial score (nSPS) is 11.3. The molecular formula is C14H26N4O. The molecule has 0 amide bonds. The van der Waals surface area contributed by atoms with Crippen LogP contribution >= 0.6 is 0 Å². The summed E-state index contributed by atoms with van der Waals surface area (Å²) in [6.07, 6.45) is 0. The Labute approximate surface area is 116 Å². The molecule has 0 radical (unpaired) electrons.